The highest BCUT2D eigenvalue weighted by Crippen LogP contribution is 2.30. The first kappa shape index (κ1) is 22.8. The topological polar surface area (TPSA) is 67.2 Å². The monoisotopic (exact) mass is 444 g/mol. The lowest BCUT2D eigenvalue weighted by Gasteiger charge is -2.23. The molecule has 2 amide bonds. The second-order valence-corrected chi connectivity index (χ2v) is 9.39. The van der Waals surface area contributed by atoms with Crippen LogP contribution in [0.2, 0.25) is 0 Å². The molecular formula is C27H32N4O2. The summed E-state index contributed by atoms with van der Waals surface area (Å²) in [7, 11) is 0. The summed E-state index contributed by atoms with van der Waals surface area (Å²) in [6.07, 6.45) is 4.65. The molecule has 0 radical (unpaired) electrons. The molecule has 4 rings (SSSR count). The molecular weight excluding hydrogens is 412 g/mol. The number of hydrogen-bond acceptors (Lipinski definition) is 3. The largest absolute Gasteiger partial charge is 0.333 e. The van der Waals surface area contributed by atoms with Crippen LogP contribution in [0.15, 0.2) is 60.8 Å². The third kappa shape index (κ3) is 6.09. The van der Waals surface area contributed by atoms with Crippen molar-refractivity contribution >= 4 is 17.8 Å². The predicted molar refractivity (Wildman–Crippen MR) is 131 cm³/mol. The Labute approximate surface area is 195 Å². The maximum Gasteiger partial charge on any atom is 0.246 e. The molecule has 33 heavy (non-hydrogen) atoms. The molecule has 3 aromatic rings. The summed E-state index contributed by atoms with van der Waals surface area (Å²) in [5.41, 5.74) is 3.79. The Balaban J connectivity index is 1.58. The molecule has 2 aromatic carbocycles. The normalized spacial score (nSPS) is 13.2. The summed E-state index contributed by atoms with van der Waals surface area (Å²) in [5.74, 6) is 1.04. The number of carbonyl (C=O) groups is 2. The van der Waals surface area contributed by atoms with E-state index >= 15 is 0 Å². The Hall–Kier alpha value is -3.41. The van der Waals surface area contributed by atoms with Crippen LogP contribution in [0.1, 0.15) is 38.7 Å². The molecule has 0 atom stereocenters. The van der Waals surface area contributed by atoms with Gasteiger partial charge in [0.05, 0.1) is 12.2 Å². The summed E-state index contributed by atoms with van der Waals surface area (Å²) in [4.78, 5) is 32.2. The maximum atomic E-state index is 13.1. The van der Waals surface area contributed by atoms with E-state index in [1.807, 2.05) is 80.1 Å². The van der Waals surface area contributed by atoms with Gasteiger partial charge >= 0.3 is 0 Å². The van der Waals surface area contributed by atoms with E-state index in [4.69, 9.17) is 4.98 Å². The summed E-state index contributed by atoms with van der Waals surface area (Å²) in [5, 5.41) is 2.97. The number of nitrogens with zero attached hydrogens (tertiary/aromatic N) is 3. The molecule has 6 nitrogen and oxygen atoms in total. The fourth-order valence-electron chi connectivity index (χ4n) is 3.87. The highest BCUT2D eigenvalue weighted by Gasteiger charge is 2.28. The Morgan fingerprint density at radius 2 is 1.88 bits per heavy atom. The van der Waals surface area contributed by atoms with Crippen LogP contribution in [0.25, 0.3) is 16.9 Å². The molecule has 1 heterocycles. The zero-order valence-corrected chi connectivity index (χ0v) is 19.6. The van der Waals surface area contributed by atoms with E-state index < -0.39 is 0 Å². The highest BCUT2D eigenvalue weighted by atomic mass is 16.2. The summed E-state index contributed by atoms with van der Waals surface area (Å²) in [6.45, 7) is 6.78. The van der Waals surface area contributed by atoms with E-state index in [2.05, 4.69) is 11.4 Å². The smallest absolute Gasteiger partial charge is 0.246 e. The quantitative estimate of drug-likeness (QED) is 0.501. The number of hydrogen-bond donors (Lipinski definition) is 1. The van der Waals surface area contributed by atoms with Crippen molar-refractivity contribution in [3.8, 4) is 16.9 Å². The van der Waals surface area contributed by atoms with Gasteiger partial charge in [-0.1, -0.05) is 56.3 Å². The van der Waals surface area contributed by atoms with Crippen molar-refractivity contribution in [1.29, 1.82) is 0 Å². The molecule has 0 aliphatic heterocycles. The van der Waals surface area contributed by atoms with Crippen LogP contribution in [0.4, 0.5) is 5.95 Å². The van der Waals surface area contributed by atoms with Gasteiger partial charge in [0.2, 0.25) is 17.8 Å². The van der Waals surface area contributed by atoms with Crippen LogP contribution in [-0.4, -0.2) is 39.4 Å². The Kier molecular flexibility index (Phi) is 6.92. The summed E-state index contributed by atoms with van der Waals surface area (Å²) in [6, 6.07) is 18.0. The van der Waals surface area contributed by atoms with Gasteiger partial charge in [-0.15, -0.1) is 0 Å². The number of imidazole rings is 1. The molecule has 1 aliphatic carbocycles. The van der Waals surface area contributed by atoms with Gasteiger partial charge in [0.25, 0.3) is 0 Å². The lowest BCUT2D eigenvalue weighted by molar-refractivity contribution is -0.135. The van der Waals surface area contributed by atoms with Crippen LogP contribution in [-0.2, 0) is 9.59 Å². The summed E-state index contributed by atoms with van der Waals surface area (Å²) >= 11 is 0. The van der Waals surface area contributed by atoms with Crippen molar-refractivity contribution in [1.82, 2.24) is 14.5 Å². The fourth-order valence-corrected chi connectivity index (χ4v) is 3.87. The number of aromatic nitrogens is 2. The van der Waals surface area contributed by atoms with Gasteiger partial charge in [0.15, 0.2) is 0 Å². The lowest BCUT2D eigenvalue weighted by Crippen LogP contribution is -2.40. The van der Waals surface area contributed by atoms with Gasteiger partial charge in [-0.05, 0) is 49.3 Å². The number of anilines is 1. The van der Waals surface area contributed by atoms with Gasteiger partial charge in [0, 0.05) is 30.4 Å². The van der Waals surface area contributed by atoms with Crippen LogP contribution in [0.5, 0.6) is 0 Å². The van der Waals surface area contributed by atoms with Gasteiger partial charge in [-0.2, -0.15) is 0 Å². The first-order valence-electron chi connectivity index (χ1n) is 11.7. The van der Waals surface area contributed by atoms with Crippen molar-refractivity contribution in [2.24, 2.45) is 11.8 Å². The van der Waals surface area contributed by atoms with Gasteiger partial charge < -0.3 is 4.90 Å². The second-order valence-electron chi connectivity index (χ2n) is 9.39. The van der Waals surface area contributed by atoms with Gasteiger partial charge in [0.1, 0.15) is 0 Å². The number of amides is 2. The minimum absolute atomic E-state index is 0.0408. The first-order valence-corrected chi connectivity index (χ1v) is 11.7. The van der Waals surface area contributed by atoms with E-state index in [-0.39, 0.29) is 24.3 Å². The number of nitrogens with one attached hydrogen (secondary N) is 1. The third-order valence-corrected chi connectivity index (χ3v) is 5.75. The first-order chi connectivity index (χ1) is 15.9. The average molecular weight is 445 g/mol. The standard InChI is InChI=1S/C27H32N4O2/c1-19(2)14-26(33)30(16-21-12-13-21)18-25(32)29-27-28-24(22-9-5-4-6-10-22)17-31(27)23-11-7-8-20(3)15-23/h4-11,15,17,19,21H,12-14,16,18H2,1-3H3,(H,28,29,32). The SMILES string of the molecule is Cc1cccc(-n2cc(-c3ccccc3)nc2NC(=O)CN(CC2CC2)C(=O)CC(C)C)c1. The number of carbonyl (C=O) groups excluding carboxylic acids is 2. The van der Waals surface area contributed by atoms with Crippen LogP contribution in [0.3, 0.4) is 0 Å². The third-order valence-electron chi connectivity index (χ3n) is 5.75. The van der Waals surface area contributed by atoms with Crippen molar-refractivity contribution in [3.63, 3.8) is 0 Å². The predicted octanol–water partition coefficient (Wildman–Crippen LogP) is 5.07. The second kappa shape index (κ2) is 10.0. The van der Waals surface area contributed by atoms with E-state index in [0.717, 1.165) is 35.3 Å². The molecule has 1 fully saturated rings. The van der Waals surface area contributed by atoms with Gasteiger partial charge in [-0.3, -0.25) is 19.5 Å². The molecule has 6 heteroatoms. The number of benzene rings is 2. The molecule has 1 aromatic heterocycles. The average Bonchev–Trinajstić information content (AvgIpc) is 3.50. The van der Waals surface area contributed by atoms with Crippen LogP contribution < -0.4 is 5.32 Å². The van der Waals surface area contributed by atoms with Crippen LogP contribution in [0, 0.1) is 18.8 Å². The van der Waals surface area contributed by atoms with Crippen molar-refractivity contribution < 1.29 is 9.59 Å². The van der Waals surface area contributed by atoms with Crippen molar-refractivity contribution in [3.05, 3.63) is 66.4 Å². The molecule has 0 unspecified atom stereocenters. The minimum atomic E-state index is -0.230. The molecule has 1 saturated carbocycles. The van der Waals surface area contributed by atoms with E-state index in [0.29, 0.717) is 24.8 Å². The number of rotatable bonds is 9. The van der Waals surface area contributed by atoms with Gasteiger partial charge in [-0.25, -0.2) is 4.98 Å². The van der Waals surface area contributed by atoms with E-state index in [9.17, 15) is 9.59 Å². The Morgan fingerprint density at radius 1 is 1.12 bits per heavy atom. The number of aryl methyl sites for hydroxylation is 1. The van der Waals surface area contributed by atoms with E-state index in [1.165, 1.54) is 0 Å². The van der Waals surface area contributed by atoms with Crippen LogP contribution >= 0.6 is 0 Å². The maximum absolute atomic E-state index is 13.1. The lowest BCUT2D eigenvalue weighted by atomic mass is 10.1. The zero-order valence-electron chi connectivity index (χ0n) is 19.6. The minimum Gasteiger partial charge on any atom is -0.333 e. The van der Waals surface area contributed by atoms with E-state index in [1.54, 1.807) is 4.90 Å². The Morgan fingerprint density at radius 3 is 2.55 bits per heavy atom. The molecule has 172 valence electrons. The fraction of sp³-hybridized carbons (Fsp3) is 0.370. The highest BCUT2D eigenvalue weighted by molar-refractivity contribution is 5.94. The zero-order chi connectivity index (χ0) is 23.4. The Bertz CT molecular complexity index is 1120. The molecule has 0 bridgehead atoms. The molecule has 0 saturated heterocycles. The molecule has 1 N–H and O–H groups in total. The van der Waals surface area contributed by atoms with Crippen molar-refractivity contribution in [2.75, 3.05) is 18.4 Å². The molecule has 1 aliphatic rings. The van der Waals surface area contributed by atoms with Crippen molar-refractivity contribution in [2.45, 2.75) is 40.0 Å². The molecule has 0 spiro atoms. The summed E-state index contributed by atoms with van der Waals surface area (Å²) < 4.78 is 1.90.